The van der Waals surface area contributed by atoms with Crippen LogP contribution in [-0.2, 0) is 6.54 Å². The summed E-state index contributed by atoms with van der Waals surface area (Å²) in [4.78, 5) is 26.3. The summed E-state index contributed by atoms with van der Waals surface area (Å²) < 4.78 is 2.19. The Morgan fingerprint density at radius 1 is 0.967 bits per heavy atom. The number of para-hydroxylation sites is 1. The Balaban J connectivity index is 1.82. The number of aryl methyl sites for hydroxylation is 1. The molecule has 3 aromatic rings. The summed E-state index contributed by atoms with van der Waals surface area (Å²) in [6, 6.07) is 20.7. The number of hydrogen-bond donors (Lipinski definition) is 1. The van der Waals surface area contributed by atoms with E-state index in [9.17, 15) is 9.59 Å². The Kier molecular flexibility index (Phi) is 6.12. The minimum absolute atomic E-state index is 0.214. The topological polar surface area (TPSA) is 51.1 Å². The highest BCUT2D eigenvalue weighted by Crippen LogP contribution is 2.30. The third-order valence-corrected chi connectivity index (χ3v) is 5.99. The molecule has 1 amide bonds. The number of rotatable bonds is 5. The predicted molar refractivity (Wildman–Crippen MR) is 122 cm³/mol. The highest BCUT2D eigenvalue weighted by Gasteiger charge is 2.24. The molecule has 1 heterocycles. The molecule has 1 aromatic heterocycles. The molecule has 0 saturated heterocycles. The van der Waals surface area contributed by atoms with Crippen LogP contribution >= 0.6 is 0 Å². The normalized spacial score (nSPS) is 14.4. The molecular weight excluding hydrogens is 372 g/mol. The number of carbonyl (C=O) groups is 1. The van der Waals surface area contributed by atoms with Crippen LogP contribution in [-0.4, -0.2) is 10.5 Å². The highest BCUT2D eigenvalue weighted by molar-refractivity contribution is 6.08. The zero-order valence-electron chi connectivity index (χ0n) is 17.4. The van der Waals surface area contributed by atoms with Crippen LogP contribution in [0.3, 0.4) is 0 Å². The fourth-order valence-electron chi connectivity index (χ4n) is 4.46. The molecule has 1 aliphatic carbocycles. The van der Waals surface area contributed by atoms with Crippen molar-refractivity contribution in [2.75, 3.05) is 5.32 Å². The maximum Gasteiger partial charge on any atom is 0.261 e. The minimum atomic E-state index is -0.359. The van der Waals surface area contributed by atoms with Gasteiger partial charge in [-0.1, -0.05) is 67.8 Å². The van der Waals surface area contributed by atoms with Crippen LogP contribution in [0, 0.1) is 12.8 Å². The minimum Gasteiger partial charge on any atom is -0.344 e. The second-order valence-electron chi connectivity index (χ2n) is 8.17. The van der Waals surface area contributed by atoms with Crippen molar-refractivity contribution in [1.82, 2.24) is 4.57 Å². The summed E-state index contributed by atoms with van der Waals surface area (Å²) in [5.74, 6) is 0.217. The number of amides is 1. The fraction of sp³-hybridized carbons (Fsp3) is 0.308. The molecule has 154 valence electrons. The molecule has 0 bridgehead atoms. The first-order chi connectivity index (χ1) is 14.6. The van der Waals surface area contributed by atoms with E-state index >= 15 is 0 Å². The second-order valence-corrected chi connectivity index (χ2v) is 8.17. The lowest BCUT2D eigenvalue weighted by atomic mass is 9.88. The van der Waals surface area contributed by atoms with Gasteiger partial charge in [0.2, 0.25) is 0 Å². The van der Waals surface area contributed by atoms with Crippen LogP contribution in [0.15, 0.2) is 71.5 Å². The number of anilines is 1. The molecule has 0 unspecified atom stereocenters. The van der Waals surface area contributed by atoms with Crippen molar-refractivity contribution in [2.24, 2.45) is 5.92 Å². The molecule has 0 aliphatic heterocycles. The first-order valence-corrected chi connectivity index (χ1v) is 10.8. The van der Waals surface area contributed by atoms with E-state index in [-0.39, 0.29) is 16.9 Å². The smallest absolute Gasteiger partial charge is 0.261 e. The van der Waals surface area contributed by atoms with E-state index < -0.39 is 0 Å². The van der Waals surface area contributed by atoms with Crippen LogP contribution in [0.25, 0.3) is 11.3 Å². The average molecular weight is 401 g/mol. The third kappa shape index (κ3) is 4.38. The average Bonchev–Trinajstić information content (AvgIpc) is 2.77. The zero-order chi connectivity index (χ0) is 20.9. The van der Waals surface area contributed by atoms with Gasteiger partial charge in [-0.25, -0.2) is 0 Å². The van der Waals surface area contributed by atoms with Crippen molar-refractivity contribution >= 4 is 11.6 Å². The molecule has 1 N–H and O–H groups in total. The summed E-state index contributed by atoms with van der Waals surface area (Å²) in [7, 11) is 0. The van der Waals surface area contributed by atoms with Gasteiger partial charge in [-0.3, -0.25) is 9.59 Å². The van der Waals surface area contributed by atoms with E-state index in [1.807, 2.05) is 67.6 Å². The summed E-state index contributed by atoms with van der Waals surface area (Å²) in [5.41, 5.74) is 3.18. The van der Waals surface area contributed by atoms with Crippen LogP contribution in [0.5, 0.6) is 0 Å². The summed E-state index contributed by atoms with van der Waals surface area (Å²) >= 11 is 0. The highest BCUT2D eigenvalue weighted by atomic mass is 16.2. The van der Waals surface area contributed by atoms with Gasteiger partial charge in [0.05, 0.1) is 5.69 Å². The van der Waals surface area contributed by atoms with Crippen molar-refractivity contribution in [3.8, 4) is 11.3 Å². The zero-order valence-corrected chi connectivity index (χ0v) is 17.4. The first kappa shape index (κ1) is 20.1. The Labute approximate surface area is 177 Å². The van der Waals surface area contributed by atoms with E-state index in [2.05, 4.69) is 9.88 Å². The number of nitrogens with zero attached hydrogens (tertiary/aromatic N) is 1. The molecule has 0 spiro atoms. The molecular formula is C26H28N2O2. The lowest BCUT2D eigenvalue weighted by Crippen LogP contribution is -2.28. The van der Waals surface area contributed by atoms with Crippen LogP contribution < -0.4 is 10.7 Å². The number of benzene rings is 2. The summed E-state index contributed by atoms with van der Waals surface area (Å²) in [6.07, 6.45) is 6.21. The SMILES string of the molecule is Cc1cc(=O)c(C(=O)Nc2ccccc2)c(-c2ccccc2)n1CC1CCCCC1. The van der Waals surface area contributed by atoms with E-state index in [4.69, 9.17) is 0 Å². The van der Waals surface area contributed by atoms with Crippen molar-refractivity contribution in [1.29, 1.82) is 0 Å². The van der Waals surface area contributed by atoms with Crippen LogP contribution in [0.4, 0.5) is 5.69 Å². The fourth-order valence-corrected chi connectivity index (χ4v) is 4.46. The van der Waals surface area contributed by atoms with Gasteiger partial charge in [0, 0.05) is 24.0 Å². The monoisotopic (exact) mass is 400 g/mol. The third-order valence-electron chi connectivity index (χ3n) is 5.99. The molecule has 0 radical (unpaired) electrons. The van der Waals surface area contributed by atoms with Gasteiger partial charge in [-0.15, -0.1) is 0 Å². The maximum atomic E-state index is 13.3. The number of pyridine rings is 1. The van der Waals surface area contributed by atoms with E-state index in [0.717, 1.165) is 23.5 Å². The molecule has 4 rings (SSSR count). The molecule has 4 heteroatoms. The number of carbonyl (C=O) groups excluding carboxylic acids is 1. The van der Waals surface area contributed by atoms with Gasteiger partial charge in [-0.05, 0) is 43.4 Å². The van der Waals surface area contributed by atoms with Crippen LogP contribution in [0.1, 0.15) is 48.2 Å². The van der Waals surface area contributed by atoms with Gasteiger partial charge >= 0.3 is 0 Å². The molecule has 2 aromatic carbocycles. The molecule has 4 nitrogen and oxygen atoms in total. The van der Waals surface area contributed by atoms with Crippen molar-refractivity contribution in [2.45, 2.75) is 45.6 Å². The summed E-state index contributed by atoms with van der Waals surface area (Å²) in [6.45, 7) is 2.80. The predicted octanol–water partition coefficient (Wildman–Crippen LogP) is 5.66. The Bertz CT molecular complexity index is 1070. The molecule has 1 aliphatic rings. The Morgan fingerprint density at radius 2 is 1.60 bits per heavy atom. The van der Waals surface area contributed by atoms with E-state index in [0.29, 0.717) is 11.6 Å². The lowest BCUT2D eigenvalue weighted by molar-refractivity contribution is 0.102. The number of aromatic nitrogens is 1. The van der Waals surface area contributed by atoms with Gasteiger partial charge in [0.1, 0.15) is 5.56 Å². The quantitative estimate of drug-likeness (QED) is 0.601. The molecule has 1 fully saturated rings. The number of hydrogen-bond acceptors (Lipinski definition) is 2. The Hall–Kier alpha value is -3.14. The second kappa shape index (κ2) is 9.12. The van der Waals surface area contributed by atoms with E-state index in [1.54, 1.807) is 6.07 Å². The first-order valence-electron chi connectivity index (χ1n) is 10.8. The van der Waals surface area contributed by atoms with Crippen molar-refractivity contribution < 1.29 is 4.79 Å². The van der Waals surface area contributed by atoms with Crippen molar-refractivity contribution in [3.63, 3.8) is 0 Å². The van der Waals surface area contributed by atoms with Gasteiger partial charge in [0.15, 0.2) is 5.43 Å². The molecule has 0 atom stereocenters. The Morgan fingerprint density at radius 3 is 2.27 bits per heavy atom. The maximum absolute atomic E-state index is 13.3. The van der Waals surface area contributed by atoms with Gasteiger partial charge < -0.3 is 9.88 Å². The lowest BCUT2D eigenvalue weighted by Gasteiger charge is -2.27. The molecule has 30 heavy (non-hydrogen) atoms. The van der Waals surface area contributed by atoms with Gasteiger partial charge in [0.25, 0.3) is 5.91 Å². The van der Waals surface area contributed by atoms with Crippen LogP contribution in [0.2, 0.25) is 0 Å². The van der Waals surface area contributed by atoms with Crippen molar-refractivity contribution in [3.05, 3.63) is 88.2 Å². The van der Waals surface area contributed by atoms with E-state index in [1.165, 1.54) is 32.1 Å². The largest absolute Gasteiger partial charge is 0.344 e. The summed E-state index contributed by atoms with van der Waals surface area (Å²) in [5, 5.41) is 2.91. The van der Waals surface area contributed by atoms with Gasteiger partial charge in [-0.2, -0.15) is 0 Å². The standard InChI is InChI=1S/C26H28N2O2/c1-19-17-23(29)24(26(30)27-22-15-9-4-10-16-22)25(21-13-7-3-8-14-21)28(19)18-20-11-5-2-6-12-20/h3-4,7-10,13-17,20H,2,5-6,11-12,18H2,1H3,(H,27,30). The molecule has 1 saturated carbocycles. The number of nitrogens with one attached hydrogen (secondary N) is 1.